The number of amides is 2. The van der Waals surface area contributed by atoms with E-state index in [1.54, 1.807) is 28.4 Å². The summed E-state index contributed by atoms with van der Waals surface area (Å²) in [6.07, 6.45) is 9.71. The van der Waals surface area contributed by atoms with Crippen molar-refractivity contribution in [3.05, 3.63) is 63.5 Å². The zero-order chi connectivity index (χ0) is 38.2. The Bertz CT molecular complexity index is 2300. The number of anilines is 1. The monoisotopic (exact) mass is 773 g/mol. The van der Waals surface area contributed by atoms with Crippen molar-refractivity contribution in [1.29, 1.82) is 0 Å². The Hall–Kier alpha value is -3.96. The number of carbonyl (C=O) groups excluding carboxylic acids is 2. The molecule has 11 heteroatoms. The molecule has 1 aromatic rings. The minimum Gasteiger partial charge on any atom is -0.498 e. The molecule has 4 bridgehead atoms. The van der Waals surface area contributed by atoms with Crippen molar-refractivity contribution in [2.24, 2.45) is 40.9 Å². The molecule has 0 aromatic heterocycles. The molecular weight excluding hydrogens is 723 g/mol. The van der Waals surface area contributed by atoms with Crippen LogP contribution in [0.4, 0.5) is 5.69 Å². The molecule has 13 aliphatic rings. The van der Waals surface area contributed by atoms with Crippen LogP contribution in [0.15, 0.2) is 57.9 Å². The molecule has 0 N–H and O–H groups in total. The van der Waals surface area contributed by atoms with Crippen LogP contribution >= 0.6 is 0 Å². The van der Waals surface area contributed by atoms with E-state index in [1.165, 1.54) is 28.0 Å². The van der Waals surface area contributed by atoms with Crippen molar-refractivity contribution in [3.63, 3.8) is 0 Å². The Labute approximate surface area is 332 Å². The van der Waals surface area contributed by atoms with Crippen LogP contribution in [-0.4, -0.2) is 99.1 Å². The first-order valence-electron chi connectivity index (χ1n) is 21.7. The van der Waals surface area contributed by atoms with E-state index in [1.807, 2.05) is 0 Å². The van der Waals surface area contributed by atoms with Gasteiger partial charge in [0.05, 0.1) is 51.9 Å². The normalized spacial score (nSPS) is 46.8. The lowest BCUT2D eigenvalue weighted by molar-refractivity contribution is -0.167. The minimum absolute atomic E-state index is 0.0337. The van der Waals surface area contributed by atoms with Crippen molar-refractivity contribution in [2.75, 3.05) is 46.4 Å². The maximum atomic E-state index is 14.7. The molecule has 1 aromatic carbocycles. The highest BCUT2D eigenvalue weighted by molar-refractivity contribution is 6.00. The molecule has 298 valence electrons. The Morgan fingerprint density at radius 2 is 1.49 bits per heavy atom. The predicted molar refractivity (Wildman–Crippen MR) is 205 cm³/mol. The molecule has 2 spiro atoms. The van der Waals surface area contributed by atoms with Gasteiger partial charge in [0.15, 0.2) is 23.0 Å². The molecule has 14 unspecified atom stereocenters. The van der Waals surface area contributed by atoms with E-state index >= 15 is 0 Å². The average molecular weight is 774 g/mol. The second-order valence-corrected chi connectivity index (χ2v) is 20.0. The fraction of sp³-hybridized carbons (Fsp3) is 0.652. The largest absolute Gasteiger partial charge is 0.498 e. The van der Waals surface area contributed by atoms with E-state index < -0.39 is 5.60 Å². The number of ether oxygens (including phenoxy) is 6. The van der Waals surface area contributed by atoms with Crippen molar-refractivity contribution in [3.8, 4) is 11.5 Å². The molecule has 8 aliphatic heterocycles. The highest BCUT2D eigenvalue weighted by Gasteiger charge is 2.75. The molecular formula is C46H51N3O8. The number of carbonyl (C=O) groups is 2. The average Bonchev–Trinajstić information content (AvgIpc) is 3.97. The summed E-state index contributed by atoms with van der Waals surface area (Å²) in [5.41, 5.74) is 6.74. The molecule has 14 rings (SSSR count). The number of hydrogen-bond acceptors (Lipinski definition) is 9. The third kappa shape index (κ3) is 3.39. The van der Waals surface area contributed by atoms with Gasteiger partial charge in [-0.15, -0.1) is 0 Å². The van der Waals surface area contributed by atoms with Crippen LogP contribution in [0.5, 0.6) is 11.5 Å². The fourth-order valence-electron chi connectivity index (χ4n) is 17.0. The van der Waals surface area contributed by atoms with E-state index in [4.69, 9.17) is 28.4 Å². The molecule has 8 fully saturated rings. The van der Waals surface area contributed by atoms with Gasteiger partial charge < -0.3 is 38.2 Å². The summed E-state index contributed by atoms with van der Waals surface area (Å²) in [6, 6.07) is 4.71. The zero-order valence-corrected chi connectivity index (χ0v) is 33.5. The summed E-state index contributed by atoms with van der Waals surface area (Å²) in [5.74, 6) is 6.60. The number of hydrogen-bond donors (Lipinski definition) is 0. The quantitative estimate of drug-likeness (QED) is 0.393. The van der Waals surface area contributed by atoms with Gasteiger partial charge in [0, 0.05) is 60.5 Å². The van der Waals surface area contributed by atoms with E-state index in [-0.39, 0.29) is 58.8 Å². The predicted octanol–water partition coefficient (Wildman–Crippen LogP) is 5.35. The number of rotatable bonds is 5. The molecule has 8 heterocycles. The zero-order valence-electron chi connectivity index (χ0n) is 33.5. The van der Waals surface area contributed by atoms with Gasteiger partial charge in [-0.3, -0.25) is 14.5 Å². The summed E-state index contributed by atoms with van der Waals surface area (Å²) in [4.78, 5) is 36.4. The third-order valence-corrected chi connectivity index (χ3v) is 18.8. The maximum Gasteiger partial charge on any atom is 0.231 e. The maximum absolute atomic E-state index is 14.7. The number of benzene rings is 1. The van der Waals surface area contributed by atoms with Crippen LogP contribution in [-0.2, 0) is 34.0 Å². The van der Waals surface area contributed by atoms with Gasteiger partial charge in [0.2, 0.25) is 11.8 Å². The summed E-state index contributed by atoms with van der Waals surface area (Å²) in [7, 11) is 6.89. The molecule has 4 saturated heterocycles. The van der Waals surface area contributed by atoms with E-state index in [2.05, 4.69) is 39.8 Å². The van der Waals surface area contributed by atoms with E-state index in [9.17, 15) is 9.59 Å². The smallest absolute Gasteiger partial charge is 0.231 e. The Kier molecular flexibility index (Phi) is 5.92. The lowest BCUT2D eigenvalue weighted by Crippen LogP contribution is -2.70. The van der Waals surface area contributed by atoms with Gasteiger partial charge >= 0.3 is 0 Å². The second kappa shape index (κ2) is 10.2. The van der Waals surface area contributed by atoms with Gasteiger partial charge in [-0.25, -0.2) is 0 Å². The van der Waals surface area contributed by atoms with Crippen LogP contribution in [0.25, 0.3) is 0 Å². The van der Waals surface area contributed by atoms with E-state index in [0.29, 0.717) is 54.7 Å². The number of allylic oxidation sites excluding steroid dienone is 2. The van der Waals surface area contributed by atoms with Crippen molar-refractivity contribution >= 4 is 17.5 Å². The Morgan fingerprint density at radius 3 is 2.23 bits per heavy atom. The number of piperidine rings is 3. The first-order chi connectivity index (χ1) is 27.7. The van der Waals surface area contributed by atoms with Crippen LogP contribution < -0.4 is 14.4 Å². The Morgan fingerprint density at radius 1 is 0.789 bits per heavy atom. The molecule has 11 nitrogen and oxygen atoms in total. The van der Waals surface area contributed by atoms with Crippen molar-refractivity contribution in [2.45, 2.75) is 106 Å². The fourth-order valence-corrected chi connectivity index (χ4v) is 17.0. The van der Waals surface area contributed by atoms with Crippen LogP contribution in [0.2, 0.25) is 0 Å². The number of methoxy groups -OCH3 is 4. The SMILES string of the molecule is COC1=CC2=C(CC1(C)OC)N1C(=O)CC3OC(C4=C5CN6CCC78c9cc(OC)c(OC)cc9N9C(=O)CC(O4)C(C5CC67)C98)=C4CC5CCC26C5CC4C3C16. The summed E-state index contributed by atoms with van der Waals surface area (Å²) >= 11 is 0. The molecule has 14 atom stereocenters. The molecule has 5 aliphatic carbocycles. The molecule has 4 saturated carbocycles. The standard InChI is InChI=1S/C46H51N3O8/c1-44(55-5)18-29-27(14-35(44)54-4)45-7-6-20-10-23-21(11-25(20)45)38-32(17-37(51)49(29)42(38)45)56-40(23)41-24-19-47-9-8-46-26-13-30(52-2)31(53-3)15-28(26)48-36(50)16-33(57-41)39(43(46)48)22(24)12-34(46)47/h13-15,20-22,25,32-34,38-39,42-43H,6-12,16-19H2,1-5H3. The third-order valence-electron chi connectivity index (χ3n) is 18.8. The lowest BCUT2D eigenvalue weighted by atomic mass is 9.48. The van der Waals surface area contributed by atoms with Gasteiger partial charge in [-0.2, -0.15) is 0 Å². The van der Waals surface area contributed by atoms with Crippen LogP contribution in [0.3, 0.4) is 0 Å². The van der Waals surface area contributed by atoms with Gasteiger partial charge in [-0.1, -0.05) is 0 Å². The highest BCUT2D eigenvalue weighted by atomic mass is 16.5. The van der Waals surface area contributed by atoms with Gasteiger partial charge in [0.1, 0.15) is 23.6 Å². The van der Waals surface area contributed by atoms with Crippen molar-refractivity contribution in [1.82, 2.24) is 9.80 Å². The first-order valence-corrected chi connectivity index (χ1v) is 21.7. The van der Waals surface area contributed by atoms with Gasteiger partial charge in [-0.05, 0) is 110 Å². The second-order valence-electron chi connectivity index (χ2n) is 20.0. The topological polar surface area (TPSA) is 99.2 Å². The van der Waals surface area contributed by atoms with Crippen molar-refractivity contribution < 1.29 is 38.0 Å². The van der Waals surface area contributed by atoms with Crippen LogP contribution in [0.1, 0.15) is 70.3 Å². The van der Waals surface area contributed by atoms with E-state index in [0.717, 1.165) is 80.3 Å². The number of fused-ring (bicyclic) bond motifs is 3. The highest BCUT2D eigenvalue weighted by Crippen LogP contribution is 2.75. The first kappa shape index (κ1) is 32.9. The lowest BCUT2D eigenvalue weighted by Gasteiger charge is -2.63. The summed E-state index contributed by atoms with van der Waals surface area (Å²) in [5, 5.41) is 0. The Balaban J connectivity index is 0.904. The summed E-state index contributed by atoms with van der Waals surface area (Å²) in [6.45, 7) is 3.94. The van der Waals surface area contributed by atoms with Gasteiger partial charge in [0.25, 0.3) is 0 Å². The molecule has 57 heavy (non-hydrogen) atoms. The summed E-state index contributed by atoms with van der Waals surface area (Å²) < 4.78 is 38.6. The van der Waals surface area contributed by atoms with Crippen LogP contribution in [0, 0.1) is 40.9 Å². The molecule has 0 radical (unpaired) electrons. The molecule has 2 amide bonds. The number of nitrogens with zero attached hydrogens (tertiary/aromatic N) is 3. The minimum atomic E-state index is -0.612.